The molecule has 1 N–H and O–H groups in total. The Morgan fingerprint density at radius 1 is 1.18 bits per heavy atom. The monoisotopic (exact) mass is 468 g/mol. The van der Waals surface area contributed by atoms with Crippen molar-refractivity contribution in [3.8, 4) is 5.75 Å². The van der Waals surface area contributed by atoms with E-state index >= 15 is 0 Å². The summed E-state index contributed by atoms with van der Waals surface area (Å²) >= 11 is 6.08. The number of nitrogens with one attached hydrogen (secondary N) is 1. The normalized spacial score (nSPS) is 10.9. The topological polar surface area (TPSA) is 82.2 Å². The Morgan fingerprint density at radius 2 is 2.00 bits per heavy atom. The van der Waals surface area contributed by atoms with Crippen LogP contribution in [-0.4, -0.2) is 20.8 Å². The van der Waals surface area contributed by atoms with Gasteiger partial charge in [-0.05, 0) is 44.5 Å². The average Bonchev–Trinajstić information content (AvgIpc) is 3.36. The van der Waals surface area contributed by atoms with Crippen LogP contribution >= 0.6 is 11.6 Å². The van der Waals surface area contributed by atoms with Crippen LogP contribution in [0.3, 0.4) is 0 Å². The lowest BCUT2D eigenvalue weighted by Gasteiger charge is -2.10. The number of anilines is 1. The van der Waals surface area contributed by atoms with Crippen LogP contribution in [-0.2, 0) is 13.2 Å². The van der Waals surface area contributed by atoms with E-state index in [9.17, 15) is 9.18 Å². The number of carbonyl (C=O) groups is 1. The maximum atomic E-state index is 14.0. The number of rotatable bonds is 7. The lowest BCUT2D eigenvalue weighted by Crippen LogP contribution is -2.16. The van der Waals surface area contributed by atoms with E-state index in [0.717, 1.165) is 16.9 Å². The van der Waals surface area contributed by atoms with Crippen molar-refractivity contribution in [2.75, 3.05) is 5.32 Å². The SMILES string of the molecule is Cc1ccc(OCc2c(C(=O)Nc3ccn(Cc4c(F)cccc4Cl)n3)noc2C)c(C)c1. The van der Waals surface area contributed by atoms with E-state index in [4.69, 9.17) is 20.9 Å². The van der Waals surface area contributed by atoms with Gasteiger partial charge in [0, 0.05) is 22.8 Å². The number of carbonyl (C=O) groups excluding carboxylic acids is 1. The van der Waals surface area contributed by atoms with Crippen molar-refractivity contribution in [2.45, 2.75) is 33.9 Å². The minimum atomic E-state index is -0.486. The van der Waals surface area contributed by atoms with Crippen molar-refractivity contribution >= 4 is 23.3 Å². The highest BCUT2D eigenvalue weighted by Gasteiger charge is 2.21. The zero-order chi connectivity index (χ0) is 23.5. The quantitative estimate of drug-likeness (QED) is 0.389. The predicted molar refractivity (Wildman–Crippen MR) is 122 cm³/mol. The number of aromatic nitrogens is 3. The summed E-state index contributed by atoms with van der Waals surface area (Å²) in [5, 5.41) is 11.2. The molecule has 0 aliphatic heterocycles. The van der Waals surface area contributed by atoms with Crippen molar-refractivity contribution in [3.05, 3.63) is 93.2 Å². The van der Waals surface area contributed by atoms with Crippen molar-refractivity contribution in [2.24, 2.45) is 0 Å². The minimum Gasteiger partial charge on any atom is -0.488 e. The third kappa shape index (κ3) is 5.06. The molecule has 0 spiro atoms. The predicted octanol–water partition coefficient (Wildman–Crippen LogP) is 5.47. The van der Waals surface area contributed by atoms with Crippen molar-refractivity contribution in [1.82, 2.24) is 14.9 Å². The summed E-state index contributed by atoms with van der Waals surface area (Å²) in [7, 11) is 0. The van der Waals surface area contributed by atoms with E-state index in [-0.39, 0.29) is 24.7 Å². The van der Waals surface area contributed by atoms with Crippen LogP contribution in [0.25, 0.3) is 0 Å². The average molecular weight is 469 g/mol. The Bertz CT molecular complexity index is 1290. The maximum Gasteiger partial charge on any atom is 0.279 e. The van der Waals surface area contributed by atoms with E-state index in [1.165, 1.54) is 16.8 Å². The first-order valence-electron chi connectivity index (χ1n) is 10.2. The van der Waals surface area contributed by atoms with Crippen LogP contribution < -0.4 is 10.1 Å². The molecule has 0 unspecified atom stereocenters. The van der Waals surface area contributed by atoms with Gasteiger partial charge in [0.05, 0.1) is 12.1 Å². The summed E-state index contributed by atoms with van der Waals surface area (Å²) < 4.78 is 26.7. The van der Waals surface area contributed by atoms with Gasteiger partial charge in [-0.25, -0.2) is 4.39 Å². The number of nitrogens with zero attached hydrogens (tertiary/aromatic N) is 3. The molecule has 170 valence electrons. The van der Waals surface area contributed by atoms with Gasteiger partial charge in [0.15, 0.2) is 11.5 Å². The Morgan fingerprint density at radius 3 is 2.76 bits per heavy atom. The van der Waals surface area contributed by atoms with Crippen molar-refractivity contribution < 1.29 is 18.4 Å². The summed E-state index contributed by atoms with van der Waals surface area (Å²) in [6, 6.07) is 12.0. The fraction of sp³-hybridized carbons (Fsp3) is 0.208. The molecule has 0 aliphatic rings. The Labute approximate surface area is 195 Å². The number of hydrogen-bond donors (Lipinski definition) is 1. The Kier molecular flexibility index (Phi) is 6.46. The van der Waals surface area contributed by atoms with Crippen LogP contribution in [0.4, 0.5) is 10.2 Å². The zero-order valence-corrected chi connectivity index (χ0v) is 19.1. The molecule has 2 heterocycles. The summed E-state index contributed by atoms with van der Waals surface area (Å²) in [5.74, 6) is 0.590. The van der Waals surface area contributed by atoms with Gasteiger partial charge >= 0.3 is 0 Å². The van der Waals surface area contributed by atoms with Gasteiger partial charge in [0.2, 0.25) is 0 Å². The highest BCUT2D eigenvalue weighted by molar-refractivity contribution is 6.31. The molecular formula is C24H22ClFN4O3. The number of halogens is 2. The van der Waals surface area contributed by atoms with E-state index < -0.39 is 11.7 Å². The second-order valence-electron chi connectivity index (χ2n) is 7.68. The fourth-order valence-corrected chi connectivity index (χ4v) is 3.61. The van der Waals surface area contributed by atoms with Crippen LogP contribution in [0.2, 0.25) is 5.02 Å². The van der Waals surface area contributed by atoms with E-state index in [1.54, 1.807) is 25.3 Å². The van der Waals surface area contributed by atoms with E-state index in [2.05, 4.69) is 15.6 Å². The van der Waals surface area contributed by atoms with Crippen molar-refractivity contribution in [3.63, 3.8) is 0 Å². The summed E-state index contributed by atoms with van der Waals surface area (Å²) in [6.07, 6.45) is 1.62. The first-order valence-corrected chi connectivity index (χ1v) is 10.6. The molecule has 0 aliphatic carbocycles. The van der Waals surface area contributed by atoms with Crippen LogP contribution in [0, 0.1) is 26.6 Å². The molecule has 4 rings (SSSR count). The molecule has 4 aromatic rings. The fourth-order valence-electron chi connectivity index (χ4n) is 3.39. The molecule has 0 bridgehead atoms. The Balaban J connectivity index is 1.45. The summed E-state index contributed by atoms with van der Waals surface area (Å²) in [6.45, 7) is 5.94. The van der Waals surface area contributed by atoms with Crippen molar-refractivity contribution in [1.29, 1.82) is 0 Å². The molecular weight excluding hydrogens is 447 g/mol. The second kappa shape index (κ2) is 9.46. The van der Waals surface area contributed by atoms with Gasteiger partial charge in [0.25, 0.3) is 5.91 Å². The largest absolute Gasteiger partial charge is 0.488 e. The lowest BCUT2D eigenvalue weighted by atomic mass is 10.1. The van der Waals surface area contributed by atoms with Gasteiger partial charge in [-0.15, -0.1) is 0 Å². The van der Waals surface area contributed by atoms with Gasteiger partial charge in [0.1, 0.15) is 23.9 Å². The highest BCUT2D eigenvalue weighted by atomic mass is 35.5. The van der Waals surface area contributed by atoms with E-state index in [1.807, 2.05) is 32.0 Å². The smallest absolute Gasteiger partial charge is 0.279 e. The first-order chi connectivity index (χ1) is 15.8. The molecule has 0 atom stereocenters. The maximum absolute atomic E-state index is 14.0. The van der Waals surface area contributed by atoms with E-state index in [0.29, 0.717) is 21.9 Å². The molecule has 0 radical (unpaired) electrons. The van der Waals surface area contributed by atoms with Crippen LogP contribution in [0.15, 0.2) is 53.2 Å². The lowest BCUT2D eigenvalue weighted by molar-refractivity contribution is 0.101. The molecule has 1 amide bonds. The molecule has 0 saturated carbocycles. The van der Waals surface area contributed by atoms with Crippen LogP contribution in [0.5, 0.6) is 5.75 Å². The molecule has 2 aromatic heterocycles. The number of aryl methyl sites for hydroxylation is 3. The van der Waals surface area contributed by atoms with Gasteiger partial charge in [-0.1, -0.05) is 40.5 Å². The standard InChI is InChI=1S/C24H22ClFN4O3/c1-14-7-8-21(15(2)11-14)32-13-18-16(3)33-29-23(18)24(31)27-22-9-10-30(28-22)12-17-19(25)5-4-6-20(17)26/h4-11H,12-13H2,1-3H3,(H,27,28,31). The zero-order valence-electron chi connectivity index (χ0n) is 18.4. The van der Waals surface area contributed by atoms with Gasteiger partial charge < -0.3 is 14.6 Å². The third-order valence-corrected chi connectivity index (χ3v) is 5.52. The first kappa shape index (κ1) is 22.5. The summed E-state index contributed by atoms with van der Waals surface area (Å²) in [5.41, 5.74) is 3.11. The van der Waals surface area contributed by atoms with Crippen LogP contribution in [0.1, 0.15) is 38.5 Å². The molecule has 0 fully saturated rings. The number of hydrogen-bond acceptors (Lipinski definition) is 5. The number of ether oxygens (including phenoxy) is 1. The molecule has 9 heteroatoms. The molecule has 2 aromatic carbocycles. The second-order valence-corrected chi connectivity index (χ2v) is 8.08. The Hall–Kier alpha value is -3.65. The molecule has 7 nitrogen and oxygen atoms in total. The third-order valence-electron chi connectivity index (χ3n) is 5.17. The van der Waals surface area contributed by atoms with Gasteiger partial charge in [-0.3, -0.25) is 9.48 Å². The highest BCUT2D eigenvalue weighted by Crippen LogP contribution is 2.23. The minimum absolute atomic E-state index is 0.115. The van der Waals surface area contributed by atoms with Gasteiger partial charge in [-0.2, -0.15) is 5.10 Å². The molecule has 33 heavy (non-hydrogen) atoms. The molecule has 0 saturated heterocycles. The number of amides is 1. The summed E-state index contributed by atoms with van der Waals surface area (Å²) in [4.78, 5) is 12.8. The number of benzene rings is 2.